The normalized spacial score (nSPS) is 12.3. The van der Waals surface area contributed by atoms with Gasteiger partial charge in [0.05, 0.1) is 5.69 Å². The van der Waals surface area contributed by atoms with Crippen molar-refractivity contribution in [2.45, 2.75) is 6.42 Å². The fourth-order valence-corrected chi connectivity index (χ4v) is 3.19. The Morgan fingerprint density at radius 1 is 1.47 bits per heavy atom. The van der Waals surface area contributed by atoms with Crippen LogP contribution in [0.25, 0.3) is 11.3 Å². The lowest BCUT2D eigenvalue weighted by atomic mass is 10.1. The van der Waals surface area contributed by atoms with Crippen LogP contribution in [0.15, 0.2) is 22.7 Å². The van der Waals surface area contributed by atoms with Crippen LogP contribution in [0.4, 0.5) is 0 Å². The van der Waals surface area contributed by atoms with E-state index in [0.29, 0.717) is 5.01 Å². The first kappa shape index (κ1) is 9.24. The van der Waals surface area contributed by atoms with Crippen LogP contribution in [-0.2, 0) is 6.42 Å². The standard InChI is InChI=1S/C11H6BrNOS/c12-7-1-2-8-6(3-7)4-9-11(8)13-10(5-14)15-9/h1-3,5H,4H2. The maximum Gasteiger partial charge on any atom is 0.178 e. The molecule has 15 heavy (non-hydrogen) atoms. The number of benzene rings is 1. The van der Waals surface area contributed by atoms with Crippen LogP contribution in [0.5, 0.6) is 0 Å². The van der Waals surface area contributed by atoms with Crippen molar-refractivity contribution in [3.05, 3.63) is 38.1 Å². The molecule has 0 fully saturated rings. The second kappa shape index (κ2) is 3.25. The van der Waals surface area contributed by atoms with Gasteiger partial charge in [0.25, 0.3) is 0 Å². The summed E-state index contributed by atoms with van der Waals surface area (Å²) in [4.78, 5) is 16.1. The Morgan fingerprint density at radius 3 is 3.13 bits per heavy atom. The Hall–Kier alpha value is -1.00. The maximum atomic E-state index is 10.6. The zero-order valence-corrected chi connectivity index (χ0v) is 10.1. The number of carbonyl (C=O) groups excluding carboxylic acids is 1. The molecule has 0 atom stereocenters. The molecule has 74 valence electrons. The van der Waals surface area contributed by atoms with Crippen molar-refractivity contribution in [1.29, 1.82) is 0 Å². The first-order valence-electron chi connectivity index (χ1n) is 4.51. The molecular weight excluding hydrogens is 274 g/mol. The monoisotopic (exact) mass is 279 g/mol. The van der Waals surface area contributed by atoms with Crippen molar-refractivity contribution in [1.82, 2.24) is 4.98 Å². The highest BCUT2D eigenvalue weighted by atomic mass is 79.9. The molecule has 1 aliphatic rings. The van der Waals surface area contributed by atoms with Crippen LogP contribution in [0.1, 0.15) is 20.2 Å². The lowest BCUT2D eigenvalue weighted by molar-refractivity contribution is 0.112. The van der Waals surface area contributed by atoms with Crippen LogP contribution in [0.2, 0.25) is 0 Å². The fraction of sp³-hybridized carbons (Fsp3) is 0.0909. The van der Waals surface area contributed by atoms with Crippen LogP contribution in [0.3, 0.4) is 0 Å². The van der Waals surface area contributed by atoms with Crippen molar-refractivity contribution >= 4 is 33.6 Å². The van der Waals surface area contributed by atoms with Gasteiger partial charge >= 0.3 is 0 Å². The number of halogens is 1. The molecule has 2 nitrogen and oxygen atoms in total. The largest absolute Gasteiger partial charge is 0.295 e. The molecule has 2 aromatic rings. The van der Waals surface area contributed by atoms with Gasteiger partial charge in [-0.25, -0.2) is 4.98 Å². The quantitative estimate of drug-likeness (QED) is 0.640. The summed E-state index contributed by atoms with van der Waals surface area (Å²) in [6, 6.07) is 6.18. The molecule has 0 unspecified atom stereocenters. The fourth-order valence-electron chi connectivity index (χ4n) is 1.86. The molecular formula is C11H6BrNOS. The van der Waals surface area contributed by atoms with E-state index in [1.807, 2.05) is 6.07 Å². The number of rotatable bonds is 1. The van der Waals surface area contributed by atoms with Crippen LogP contribution in [0, 0.1) is 0 Å². The third-order valence-corrected chi connectivity index (χ3v) is 3.96. The number of hydrogen-bond donors (Lipinski definition) is 0. The van der Waals surface area contributed by atoms with E-state index < -0.39 is 0 Å². The summed E-state index contributed by atoms with van der Waals surface area (Å²) in [6.45, 7) is 0. The minimum Gasteiger partial charge on any atom is -0.295 e. The van der Waals surface area contributed by atoms with Gasteiger partial charge in [-0.1, -0.05) is 22.0 Å². The number of carbonyl (C=O) groups is 1. The molecule has 0 bridgehead atoms. The second-order valence-electron chi connectivity index (χ2n) is 3.42. The van der Waals surface area contributed by atoms with Gasteiger partial charge in [0.15, 0.2) is 11.3 Å². The number of hydrogen-bond acceptors (Lipinski definition) is 3. The van der Waals surface area contributed by atoms with E-state index in [1.54, 1.807) is 0 Å². The van der Waals surface area contributed by atoms with Gasteiger partial charge in [-0.3, -0.25) is 4.79 Å². The van der Waals surface area contributed by atoms with Crippen molar-refractivity contribution in [3.8, 4) is 11.3 Å². The summed E-state index contributed by atoms with van der Waals surface area (Å²) in [5.41, 5.74) is 3.44. The predicted octanol–water partition coefficient (Wildman–Crippen LogP) is 3.29. The minimum atomic E-state index is 0.577. The molecule has 0 amide bonds. The summed E-state index contributed by atoms with van der Waals surface area (Å²) in [5, 5.41) is 0.577. The Balaban J connectivity index is 2.21. The Labute approximate surface area is 99.1 Å². The molecule has 0 N–H and O–H groups in total. The highest BCUT2D eigenvalue weighted by molar-refractivity contribution is 9.10. The van der Waals surface area contributed by atoms with Gasteiger partial charge in [-0.05, 0) is 17.7 Å². The Morgan fingerprint density at radius 2 is 2.33 bits per heavy atom. The molecule has 0 radical (unpaired) electrons. The lowest BCUT2D eigenvalue weighted by Gasteiger charge is -1.98. The number of fused-ring (bicyclic) bond motifs is 3. The van der Waals surface area contributed by atoms with Gasteiger partial charge < -0.3 is 0 Å². The predicted molar refractivity (Wildman–Crippen MR) is 63.4 cm³/mol. The molecule has 0 saturated carbocycles. The van der Waals surface area contributed by atoms with E-state index in [-0.39, 0.29) is 0 Å². The third kappa shape index (κ3) is 1.36. The number of aromatic nitrogens is 1. The summed E-state index contributed by atoms with van der Waals surface area (Å²) in [5.74, 6) is 0. The van der Waals surface area contributed by atoms with Gasteiger partial charge in [0, 0.05) is 21.3 Å². The molecule has 0 aliphatic heterocycles. The number of thiazole rings is 1. The summed E-state index contributed by atoms with van der Waals surface area (Å²) >= 11 is 4.94. The SMILES string of the molecule is O=Cc1nc2c(s1)Cc1cc(Br)ccc1-2. The summed E-state index contributed by atoms with van der Waals surface area (Å²) in [6.07, 6.45) is 1.72. The zero-order valence-electron chi connectivity index (χ0n) is 7.66. The molecule has 1 aromatic heterocycles. The van der Waals surface area contributed by atoms with Crippen LogP contribution >= 0.6 is 27.3 Å². The molecule has 0 saturated heterocycles. The van der Waals surface area contributed by atoms with Crippen molar-refractivity contribution in [2.24, 2.45) is 0 Å². The van der Waals surface area contributed by atoms with Crippen molar-refractivity contribution in [3.63, 3.8) is 0 Å². The number of nitrogens with zero attached hydrogens (tertiary/aromatic N) is 1. The zero-order chi connectivity index (χ0) is 10.4. The van der Waals surface area contributed by atoms with Crippen molar-refractivity contribution < 1.29 is 4.79 Å². The summed E-state index contributed by atoms with van der Waals surface area (Å²) < 4.78 is 1.09. The van der Waals surface area contributed by atoms with E-state index in [0.717, 1.165) is 28.4 Å². The average Bonchev–Trinajstić information content (AvgIpc) is 2.73. The third-order valence-electron chi connectivity index (χ3n) is 2.49. The van der Waals surface area contributed by atoms with Gasteiger partial charge in [-0.15, -0.1) is 11.3 Å². The molecule has 3 rings (SSSR count). The average molecular weight is 280 g/mol. The van der Waals surface area contributed by atoms with E-state index in [2.05, 4.69) is 33.0 Å². The van der Waals surface area contributed by atoms with Gasteiger partial charge in [0.2, 0.25) is 0 Å². The minimum absolute atomic E-state index is 0.577. The van der Waals surface area contributed by atoms with E-state index in [1.165, 1.54) is 21.8 Å². The topological polar surface area (TPSA) is 30.0 Å². The Bertz CT molecular complexity index is 562. The first-order valence-corrected chi connectivity index (χ1v) is 6.12. The summed E-state index contributed by atoms with van der Waals surface area (Å²) in [7, 11) is 0. The van der Waals surface area contributed by atoms with E-state index in [9.17, 15) is 4.79 Å². The van der Waals surface area contributed by atoms with E-state index >= 15 is 0 Å². The van der Waals surface area contributed by atoms with Gasteiger partial charge in [0.1, 0.15) is 0 Å². The lowest BCUT2D eigenvalue weighted by Crippen LogP contribution is -1.82. The molecule has 4 heteroatoms. The smallest absolute Gasteiger partial charge is 0.178 e. The molecule has 1 aromatic carbocycles. The number of aldehydes is 1. The molecule has 0 spiro atoms. The van der Waals surface area contributed by atoms with Crippen LogP contribution in [-0.4, -0.2) is 11.3 Å². The molecule has 1 aliphatic carbocycles. The Kier molecular flexibility index (Phi) is 2.00. The van der Waals surface area contributed by atoms with Gasteiger partial charge in [-0.2, -0.15) is 0 Å². The van der Waals surface area contributed by atoms with E-state index in [4.69, 9.17) is 0 Å². The highest BCUT2D eigenvalue weighted by Gasteiger charge is 2.22. The molecule has 1 heterocycles. The van der Waals surface area contributed by atoms with Crippen LogP contribution < -0.4 is 0 Å². The maximum absolute atomic E-state index is 10.6. The van der Waals surface area contributed by atoms with Crippen molar-refractivity contribution in [2.75, 3.05) is 0 Å². The second-order valence-corrected chi connectivity index (χ2v) is 5.45. The highest BCUT2D eigenvalue weighted by Crippen LogP contribution is 2.39. The first-order chi connectivity index (χ1) is 7.28.